The molecule has 1 aliphatic heterocycles. The zero-order valence-corrected chi connectivity index (χ0v) is 19.7. The van der Waals surface area contributed by atoms with Crippen molar-refractivity contribution in [2.24, 2.45) is 0 Å². The average Bonchev–Trinajstić information content (AvgIpc) is 3.06. The number of ether oxygens (including phenoxy) is 1. The van der Waals surface area contributed by atoms with E-state index >= 15 is 0 Å². The Balaban J connectivity index is 2.00. The van der Waals surface area contributed by atoms with Gasteiger partial charge in [-0.2, -0.15) is 0 Å². The SMILES string of the molecule is COc1c(Cl)cc(Cl)cc1/C(O)=C1\C(=O)C(=O)N(c2ccc(C)c(Cl)c2)C1c1ccccn1. The van der Waals surface area contributed by atoms with Gasteiger partial charge in [-0.25, -0.2) is 0 Å². The van der Waals surface area contributed by atoms with Crippen molar-refractivity contribution in [1.82, 2.24) is 4.98 Å². The molecule has 1 N–H and O–H groups in total. The van der Waals surface area contributed by atoms with Gasteiger partial charge in [-0.1, -0.05) is 46.9 Å². The van der Waals surface area contributed by atoms with Crippen molar-refractivity contribution in [1.29, 1.82) is 0 Å². The molecule has 33 heavy (non-hydrogen) atoms. The van der Waals surface area contributed by atoms with E-state index in [0.717, 1.165) is 5.56 Å². The second-order valence-electron chi connectivity index (χ2n) is 7.33. The Morgan fingerprint density at radius 2 is 1.82 bits per heavy atom. The zero-order valence-electron chi connectivity index (χ0n) is 17.5. The minimum absolute atomic E-state index is 0.0795. The van der Waals surface area contributed by atoms with E-state index < -0.39 is 23.5 Å². The quantitative estimate of drug-likeness (QED) is 0.269. The molecule has 1 saturated heterocycles. The predicted molar refractivity (Wildman–Crippen MR) is 128 cm³/mol. The number of nitrogens with zero attached hydrogens (tertiary/aromatic N) is 2. The highest BCUT2D eigenvalue weighted by atomic mass is 35.5. The number of aryl methyl sites for hydroxylation is 1. The molecule has 1 atom stereocenters. The molecule has 2 aromatic carbocycles. The Morgan fingerprint density at radius 1 is 1.06 bits per heavy atom. The molecule has 2 heterocycles. The highest BCUT2D eigenvalue weighted by Gasteiger charge is 2.48. The third-order valence-electron chi connectivity index (χ3n) is 5.31. The number of methoxy groups -OCH3 is 1. The topological polar surface area (TPSA) is 79.7 Å². The molecule has 168 valence electrons. The van der Waals surface area contributed by atoms with Gasteiger partial charge in [0.25, 0.3) is 11.7 Å². The van der Waals surface area contributed by atoms with Crippen LogP contribution in [0.25, 0.3) is 5.76 Å². The van der Waals surface area contributed by atoms with E-state index in [-0.39, 0.29) is 26.9 Å². The highest BCUT2D eigenvalue weighted by Crippen LogP contribution is 2.44. The molecular formula is C24H17Cl3N2O4. The van der Waals surface area contributed by atoms with Crippen molar-refractivity contribution in [3.05, 3.63) is 92.2 Å². The molecule has 1 fully saturated rings. The number of aliphatic hydroxyl groups is 1. The standard InChI is InChI=1S/C24H17Cl3N2O4/c1-12-6-7-14(11-16(12)26)29-20(18-5-3-4-8-28-18)19(22(31)24(29)32)21(30)15-9-13(25)10-17(27)23(15)33-2/h3-11,20,30H,1-2H3/b21-19+. The summed E-state index contributed by atoms with van der Waals surface area (Å²) < 4.78 is 5.33. The van der Waals surface area contributed by atoms with E-state index in [9.17, 15) is 14.7 Å². The number of rotatable bonds is 4. The van der Waals surface area contributed by atoms with Crippen molar-refractivity contribution < 1.29 is 19.4 Å². The first-order valence-corrected chi connectivity index (χ1v) is 10.9. The van der Waals surface area contributed by atoms with Crippen LogP contribution in [0.4, 0.5) is 5.69 Å². The maximum absolute atomic E-state index is 13.2. The van der Waals surface area contributed by atoms with Crippen LogP contribution in [0, 0.1) is 6.92 Å². The molecule has 1 aliphatic rings. The molecule has 1 aromatic heterocycles. The molecule has 0 radical (unpaired) electrons. The summed E-state index contributed by atoms with van der Waals surface area (Å²) >= 11 is 18.7. The molecule has 0 spiro atoms. The molecular weight excluding hydrogens is 487 g/mol. The molecule has 4 rings (SSSR count). The molecule has 6 nitrogen and oxygen atoms in total. The van der Waals surface area contributed by atoms with Crippen molar-refractivity contribution in [3.63, 3.8) is 0 Å². The Bertz CT molecular complexity index is 1310. The van der Waals surface area contributed by atoms with Gasteiger partial charge >= 0.3 is 0 Å². The lowest BCUT2D eigenvalue weighted by molar-refractivity contribution is -0.132. The van der Waals surface area contributed by atoms with Gasteiger partial charge in [-0.15, -0.1) is 0 Å². The Morgan fingerprint density at radius 3 is 2.45 bits per heavy atom. The third-order valence-corrected chi connectivity index (χ3v) is 6.22. The van der Waals surface area contributed by atoms with Gasteiger partial charge in [0.15, 0.2) is 0 Å². The van der Waals surface area contributed by atoms with Crippen molar-refractivity contribution in [2.45, 2.75) is 13.0 Å². The number of benzene rings is 2. The van der Waals surface area contributed by atoms with Crippen LogP contribution in [-0.4, -0.2) is 28.9 Å². The third kappa shape index (κ3) is 4.06. The summed E-state index contributed by atoms with van der Waals surface area (Å²) in [6.07, 6.45) is 1.54. The fraction of sp³-hybridized carbons (Fsp3) is 0.125. The van der Waals surface area contributed by atoms with Crippen LogP contribution in [0.2, 0.25) is 15.1 Å². The van der Waals surface area contributed by atoms with Crippen molar-refractivity contribution in [3.8, 4) is 5.75 Å². The molecule has 0 aliphatic carbocycles. The lowest BCUT2D eigenvalue weighted by atomic mass is 9.97. The fourth-order valence-electron chi connectivity index (χ4n) is 3.74. The van der Waals surface area contributed by atoms with Crippen LogP contribution in [0.15, 0.2) is 60.3 Å². The normalized spacial score (nSPS) is 17.5. The lowest BCUT2D eigenvalue weighted by Crippen LogP contribution is -2.29. The van der Waals surface area contributed by atoms with Gasteiger partial charge in [-0.3, -0.25) is 19.5 Å². The Labute approximate surface area is 205 Å². The van der Waals surface area contributed by atoms with Crippen molar-refractivity contribution in [2.75, 3.05) is 12.0 Å². The zero-order chi connectivity index (χ0) is 23.9. The number of pyridine rings is 1. The van der Waals surface area contributed by atoms with E-state index in [1.165, 1.54) is 30.3 Å². The number of Topliss-reactive ketones (excluding diaryl/α,β-unsaturated/α-hetero) is 1. The number of carbonyl (C=O) groups is 2. The van der Waals surface area contributed by atoms with Gasteiger partial charge < -0.3 is 9.84 Å². The van der Waals surface area contributed by atoms with Crippen molar-refractivity contribution >= 4 is 57.9 Å². The number of ketones is 1. The van der Waals surface area contributed by atoms with E-state index in [1.807, 2.05) is 6.92 Å². The minimum atomic E-state index is -1.02. The average molecular weight is 504 g/mol. The maximum Gasteiger partial charge on any atom is 0.300 e. The van der Waals surface area contributed by atoms with Crippen LogP contribution in [-0.2, 0) is 9.59 Å². The van der Waals surface area contributed by atoms with E-state index in [0.29, 0.717) is 16.4 Å². The van der Waals surface area contributed by atoms with E-state index in [4.69, 9.17) is 39.5 Å². The highest BCUT2D eigenvalue weighted by molar-refractivity contribution is 6.52. The van der Waals surface area contributed by atoms with Crippen LogP contribution in [0.3, 0.4) is 0 Å². The van der Waals surface area contributed by atoms with Gasteiger partial charge in [-0.05, 0) is 48.9 Å². The summed E-state index contributed by atoms with van der Waals surface area (Å²) in [4.78, 5) is 32.0. The molecule has 1 amide bonds. The van der Waals surface area contributed by atoms with Crippen LogP contribution in [0.5, 0.6) is 5.75 Å². The van der Waals surface area contributed by atoms with Crippen LogP contribution < -0.4 is 9.64 Å². The van der Waals surface area contributed by atoms with Crippen LogP contribution >= 0.6 is 34.8 Å². The number of halogens is 3. The van der Waals surface area contributed by atoms with E-state index in [1.54, 1.807) is 36.4 Å². The number of aromatic nitrogens is 1. The first-order valence-electron chi connectivity index (χ1n) is 9.76. The number of aliphatic hydroxyl groups excluding tert-OH is 1. The molecule has 1 unspecified atom stereocenters. The summed E-state index contributed by atoms with van der Waals surface area (Å²) in [5, 5.41) is 12.1. The van der Waals surface area contributed by atoms with E-state index in [2.05, 4.69) is 4.98 Å². The first kappa shape index (κ1) is 23.1. The number of hydrogen-bond acceptors (Lipinski definition) is 5. The van der Waals surface area contributed by atoms with Gasteiger partial charge in [0.2, 0.25) is 0 Å². The fourth-order valence-corrected chi connectivity index (χ4v) is 4.48. The number of amides is 1. The van der Waals surface area contributed by atoms with Crippen LogP contribution in [0.1, 0.15) is 22.9 Å². The minimum Gasteiger partial charge on any atom is -0.507 e. The summed E-state index contributed by atoms with van der Waals surface area (Å²) in [5.74, 6) is -2.09. The second-order valence-corrected chi connectivity index (χ2v) is 8.58. The maximum atomic E-state index is 13.2. The second kappa shape index (κ2) is 9.06. The van der Waals surface area contributed by atoms with Gasteiger partial charge in [0.05, 0.1) is 29.0 Å². The Hall–Kier alpha value is -3.06. The van der Waals surface area contributed by atoms with Gasteiger partial charge in [0.1, 0.15) is 17.6 Å². The summed E-state index contributed by atoms with van der Waals surface area (Å²) in [6, 6.07) is 11.9. The monoisotopic (exact) mass is 502 g/mol. The lowest BCUT2D eigenvalue weighted by Gasteiger charge is -2.25. The molecule has 0 bridgehead atoms. The summed E-state index contributed by atoms with van der Waals surface area (Å²) in [6.45, 7) is 1.83. The number of hydrogen-bond donors (Lipinski definition) is 1. The number of carbonyl (C=O) groups excluding carboxylic acids is 2. The first-order chi connectivity index (χ1) is 15.7. The predicted octanol–water partition coefficient (Wildman–Crippen LogP) is 5.99. The molecule has 9 heteroatoms. The largest absolute Gasteiger partial charge is 0.507 e. The van der Waals surface area contributed by atoms with Gasteiger partial charge in [0, 0.05) is 21.9 Å². The molecule has 0 saturated carbocycles. The number of anilines is 1. The summed E-state index contributed by atoms with van der Waals surface area (Å²) in [7, 11) is 1.37. The smallest absolute Gasteiger partial charge is 0.300 e. The Kier molecular flexibility index (Phi) is 6.34. The molecule has 3 aromatic rings. The summed E-state index contributed by atoms with van der Waals surface area (Å²) in [5.41, 5.74) is 1.48.